The Morgan fingerprint density at radius 3 is 2.53 bits per heavy atom. The van der Waals surface area contributed by atoms with E-state index >= 15 is 0 Å². The van der Waals surface area contributed by atoms with Gasteiger partial charge in [-0.3, -0.25) is 4.79 Å². The highest BCUT2D eigenvalue weighted by atomic mass is 16.1. The molecule has 0 atom stereocenters. The van der Waals surface area contributed by atoms with Crippen molar-refractivity contribution in [3.63, 3.8) is 0 Å². The smallest absolute Gasteiger partial charge is 0.280 e. The molecule has 5 nitrogen and oxygen atoms in total. The number of aryl methyl sites for hydroxylation is 1. The summed E-state index contributed by atoms with van der Waals surface area (Å²) in [5, 5.41) is 2.78. The van der Waals surface area contributed by atoms with E-state index in [1.54, 1.807) is 4.68 Å². The molecule has 5 heteroatoms. The third kappa shape index (κ3) is 2.10. The van der Waals surface area contributed by atoms with Crippen molar-refractivity contribution < 1.29 is 0 Å². The molecule has 1 saturated heterocycles. The lowest BCUT2D eigenvalue weighted by Gasteiger charge is -2.35. The number of rotatable bonds is 1. The lowest BCUT2D eigenvalue weighted by molar-refractivity contribution is 0.284. The van der Waals surface area contributed by atoms with E-state index < -0.39 is 0 Å². The summed E-state index contributed by atoms with van der Waals surface area (Å²) in [6.07, 6.45) is 0. The van der Waals surface area contributed by atoms with Crippen LogP contribution < -0.4 is 10.6 Å². The molecule has 0 N–H and O–H groups in total. The van der Waals surface area contributed by atoms with Gasteiger partial charge in [0, 0.05) is 26.2 Å². The van der Waals surface area contributed by atoms with Gasteiger partial charge in [0.1, 0.15) is 5.82 Å². The number of aromatic nitrogens is 2. The van der Waals surface area contributed by atoms with Crippen LogP contribution in [0.4, 0.5) is 0 Å². The number of nitrogens with zero attached hydrogens (tertiary/aromatic N) is 4. The molecular formula is C14H18N4O. The lowest BCUT2D eigenvalue weighted by Crippen LogP contribution is -2.53. The summed E-state index contributed by atoms with van der Waals surface area (Å²) in [6, 6.07) is 7.53. The van der Waals surface area contributed by atoms with Crippen LogP contribution in [-0.4, -0.2) is 47.8 Å². The second-order valence-corrected chi connectivity index (χ2v) is 5.05. The second-order valence-electron chi connectivity index (χ2n) is 5.05. The maximum atomic E-state index is 12.6. The maximum Gasteiger partial charge on any atom is 0.280 e. The minimum Gasteiger partial charge on any atom is -0.306 e. The predicted octanol–water partition coefficient (Wildman–Crippen LogP) is 0.588. The first kappa shape index (κ1) is 12.2. The molecule has 1 aromatic carbocycles. The SMILES string of the molecule is Cc1nc2ccccc2c(=O)n1N1CCN(C)CC1. The van der Waals surface area contributed by atoms with Crippen molar-refractivity contribution in [3.05, 3.63) is 40.4 Å². The van der Waals surface area contributed by atoms with Crippen LogP contribution in [0.1, 0.15) is 5.82 Å². The topological polar surface area (TPSA) is 41.4 Å². The van der Waals surface area contributed by atoms with Crippen molar-refractivity contribution in [1.82, 2.24) is 14.6 Å². The molecule has 0 radical (unpaired) electrons. The summed E-state index contributed by atoms with van der Waals surface area (Å²) in [4.78, 5) is 19.4. The van der Waals surface area contributed by atoms with Crippen LogP contribution in [-0.2, 0) is 0 Å². The van der Waals surface area contributed by atoms with Gasteiger partial charge in [-0.1, -0.05) is 12.1 Å². The standard InChI is InChI=1S/C14H18N4O/c1-11-15-13-6-4-3-5-12(13)14(19)18(11)17-9-7-16(2)8-10-17/h3-6H,7-10H2,1-2H3. The molecule has 3 rings (SSSR count). The van der Waals surface area contributed by atoms with Crippen LogP contribution in [0, 0.1) is 6.92 Å². The normalized spacial score (nSPS) is 17.1. The van der Waals surface area contributed by atoms with Crippen LogP contribution >= 0.6 is 0 Å². The van der Waals surface area contributed by atoms with E-state index in [9.17, 15) is 4.79 Å². The molecule has 0 aliphatic carbocycles. The fourth-order valence-corrected chi connectivity index (χ4v) is 2.56. The fourth-order valence-electron chi connectivity index (χ4n) is 2.56. The molecule has 0 unspecified atom stereocenters. The van der Waals surface area contributed by atoms with E-state index in [0.29, 0.717) is 5.39 Å². The molecule has 0 amide bonds. The summed E-state index contributed by atoms with van der Waals surface area (Å²) in [6.45, 7) is 5.55. The average molecular weight is 258 g/mol. The van der Waals surface area contributed by atoms with E-state index in [0.717, 1.165) is 37.5 Å². The van der Waals surface area contributed by atoms with E-state index in [-0.39, 0.29) is 5.56 Å². The van der Waals surface area contributed by atoms with Gasteiger partial charge in [-0.2, -0.15) is 0 Å². The van der Waals surface area contributed by atoms with Crippen LogP contribution in [0.15, 0.2) is 29.1 Å². The van der Waals surface area contributed by atoms with Gasteiger partial charge in [0.05, 0.1) is 10.9 Å². The van der Waals surface area contributed by atoms with Gasteiger partial charge >= 0.3 is 0 Å². The number of benzene rings is 1. The molecule has 19 heavy (non-hydrogen) atoms. The van der Waals surface area contributed by atoms with Gasteiger partial charge in [-0.15, -0.1) is 0 Å². The van der Waals surface area contributed by atoms with E-state index in [1.807, 2.05) is 31.2 Å². The molecule has 100 valence electrons. The summed E-state index contributed by atoms with van der Waals surface area (Å²) >= 11 is 0. The van der Waals surface area contributed by atoms with Crippen molar-refractivity contribution in [2.45, 2.75) is 6.92 Å². The van der Waals surface area contributed by atoms with Crippen molar-refractivity contribution >= 4 is 10.9 Å². The number of para-hydroxylation sites is 1. The molecule has 1 fully saturated rings. The molecule has 2 aromatic rings. The third-order valence-electron chi connectivity index (χ3n) is 3.68. The molecule has 2 heterocycles. The summed E-state index contributed by atoms with van der Waals surface area (Å²) in [5.41, 5.74) is 0.808. The highest BCUT2D eigenvalue weighted by Crippen LogP contribution is 2.08. The zero-order chi connectivity index (χ0) is 13.4. The Labute approximate surface area is 112 Å². The Balaban J connectivity index is 2.11. The molecule has 1 aromatic heterocycles. The highest BCUT2D eigenvalue weighted by molar-refractivity contribution is 5.77. The molecule has 0 bridgehead atoms. The first-order valence-corrected chi connectivity index (χ1v) is 6.59. The summed E-state index contributed by atoms with van der Waals surface area (Å²) < 4.78 is 1.73. The Hall–Kier alpha value is -1.88. The largest absolute Gasteiger partial charge is 0.306 e. The van der Waals surface area contributed by atoms with Gasteiger partial charge in [-0.25, -0.2) is 9.66 Å². The monoisotopic (exact) mass is 258 g/mol. The quantitative estimate of drug-likeness (QED) is 0.750. The zero-order valence-electron chi connectivity index (χ0n) is 11.3. The predicted molar refractivity (Wildman–Crippen MR) is 76.2 cm³/mol. The van der Waals surface area contributed by atoms with Crippen molar-refractivity contribution in [1.29, 1.82) is 0 Å². The molecule has 0 spiro atoms. The summed E-state index contributed by atoms with van der Waals surface area (Å²) in [7, 11) is 2.10. The molecule has 1 aliphatic rings. The van der Waals surface area contributed by atoms with E-state index in [4.69, 9.17) is 0 Å². The van der Waals surface area contributed by atoms with Gasteiger partial charge < -0.3 is 9.91 Å². The molecular weight excluding hydrogens is 240 g/mol. The van der Waals surface area contributed by atoms with E-state index in [2.05, 4.69) is 21.9 Å². The third-order valence-corrected chi connectivity index (χ3v) is 3.68. The number of hydrogen-bond donors (Lipinski definition) is 0. The highest BCUT2D eigenvalue weighted by Gasteiger charge is 2.18. The number of likely N-dealkylation sites (N-methyl/N-ethyl adjacent to an activating group) is 1. The zero-order valence-corrected chi connectivity index (χ0v) is 11.3. The van der Waals surface area contributed by atoms with Crippen LogP contribution in [0.3, 0.4) is 0 Å². The Morgan fingerprint density at radius 2 is 1.79 bits per heavy atom. The van der Waals surface area contributed by atoms with Gasteiger partial charge in [-0.05, 0) is 26.1 Å². The molecule has 0 saturated carbocycles. The van der Waals surface area contributed by atoms with Crippen LogP contribution in [0.5, 0.6) is 0 Å². The van der Waals surface area contributed by atoms with Gasteiger partial charge in [0.15, 0.2) is 0 Å². The Kier molecular flexibility index (Phi) is 2.98. The minimum atomic E-state index is 0.0349. The van der Waals surface area contributed by atoms with Crippen LogP contribution in [0.25, 0.3) is 10.9 Å². The maximum absolute atomic E-state index is 12.6. The lowest BCUT2D eigenvalue weighted by atomic mass is 10.2. The Morgan fingerprint density at radius 1 is 1.11 bits per heavy atom. The average Bonchev–Trinajstić information content (AvgIpc) is 2.41. The second kappa shape index (κ2) is 4.66. The first-order valence-electron chi connectivity index (χ1n) is 6.59. The van der Waals surface area contributed by atoms with Crippen molar-refractivity contribution in [2.24, 2.45) is 0 Å². The number of hydrogen-bond acceptors (Lipinski definition) is 4. The first-order chi connectivity index (χ1) is 9.16. The van der Waals surface area contributed by atoms with Gasteiger partial charge in [0.2, 0.25) is 0 Å². The van der Waals surface area contributed by atoms with E-state index in [1.165, 1.54) is 0 Å². The fraction of sp³-hybridized carbons (Fsp3) is 0.429. The molecule has 1 aliphatic heterocycles. The number of piperazine rings is 1. The van der Waals surface area contributed by atoms with Gasteiger partial charge in [0.25, 0.3) is 5.56 Å². The van der Waals surface area contributed by atoms with Crippen molar-refractivity contribution in [3.8, 4) is 0 Å². The van der Waals surface area contributed by atoms with Crippen LogP contribution in [0.2, 0.25) is 0 Å². The Bertz CT molecular complexity index is 656. The number of fused-ring (bicyclic) bond motifs is 1. The van der Waals surface area contributed by atoms with Crippen molar-refractivity contribution in [2.75, 3.05) is 38.2 Å². The summed E-state index contributed by atoms with van der Waals surface area (Å²) in [5.74, 6) is 0.758. The minimum absolute atomic E-state index is 0.0349.